The number of hydrogen-bond acceptors (Lipinski definition) is 7. The number of allylic oxidation sites excluding steroid dienone is 2. The van der Waals surface area contributed by atoms with Gasteiger partial charge >= 0.3 is 11.9 Å². The molecule has 1 rings (SSSR count). The number of phenols is 1. The number of carbonyl (C=O) groups excluding carboxylic acids is 2. The lowest BCUT2D eigenvalue weighted by Crippen LogP contribution is -2.28. The van der Waals surface area contributed by atoms with Crippen LogP contribution in [-0.2, 0) is 19.1 Å². The Labute approximate surface area is 228 Å². The van der Waals surface area contributed by atoms with Gasteiger partial charge in [0.15, 0.2) is 17.6 Å². The number of unbranched alkanes of at least 4 members (excludes halogenated alkanes) is 11. The Kier molecular flexibility index (Phi) is 19.4. The Morgan fingerprint density at radius 2 is 1.55 bits per heavy atom. The molecule has 38 heavy (non-hydrogen) atoms. The first-order chi connectivity index (χ1) is 18.5. The van der Waals surface area contributed by atoms with Gasteiger partial charge in [0.1, 0.15) is 6.61 Å². The van der Waals surface area contributed by atoms with Crippen LogP contribution in [0.1, 0.15) is 102 Å². The highest BCUT2D eigenvalue weighted by Crippen LogP contribution is 2.26. The summed E-state index contributed by atoms with van der Waals surface area (Å²) in [6.07, 6.45) is 22.2. The molecule has 0 amide bonds. The van der Waals surface area contributed by atoms with E-state index in [0.29, 0.717) is 11.3 Å². The van der Waals surface area contributed by atoms with Crippen LogP contribution >= 0.6 is 0 Å². The predicted octanol–water partition coefficient (Wildman–Crippen LogP) is 6.90. The van der Waals surface area contributed by atoms with Crippen molar-refractivity contribution in [1.82, 2.24) is 0 Å². The van der Waals surface area contributed by atoms with Crippen LogP contribution in [-0.4, -0.2) is 48.6 Å². The van der Waals surface area contributed by atoms with Gasteiger partial charge in [0, 0.05) is 12.5 Å². The zero-order chi connectivity index (χ0) is 27.8. The van der Waals surface area contributed by atoms with E-state index in [0.717, 1.165) is 32.1 Å². The lowest BCUT2D eigenvalue weighted by atomic mass is 10.1. The standard InChI is InChI=1S/C31H48O7/c1-3-4-5-6-7-8-9-10-11-12-13-14-15-16-17-18-31(35)38-27(24-32)25-37-30(34)22-20-26-19-21-28(33)29(23-26)36-2/h10-11,19-23,27,32-33H,3-9,12-18,24-25H2,1-2H3/b11-10-,22-20+/t27-/m0/s1. The zero-order valence-corrected chi connectivity index (χ0v) is 23.4. The summed E-state index contributed by atoms with van der Waals surface area (Å²) in [7, 11) is 1.44. The van der Waals surface area contributed by atoms with Gasteiger partial charge in [0.25, 0.3) is 0 Å². The normalized spacial score (nSPS) is 12.2. The number of benzene rings is 1. The van der Waals surface area contributed by atoms with Crippen LogP contribution < -0.4 is 4.74 Å². The van der Waals surface area contributed by atoms with Crippen molar-refractivity contribution in [2.24, 2.45) is 0 Å². The summed E-state index contributed by atoms with van der Waals surface area (Å²) in [6.45, 7) is 1.59. The number of carbonyl (C=O) groups is 2. The van der Waals surface area contributed by atoms with Gasteiger partial charge in [-0.1, -0.05) is 76.5 Å². The first-order valence-corrected chi connectivity index (χ1v) is 14.2. The van der Waals surface area contributed by atoms with Crippen molar-refractivity contribution in [1.29, 1.82) is 0 Å². The SMILES string of the molecule is CCCCCCCC/C=C\CCCCCCCC(=O)O[C@@H](CO)COC(=O)/C=C/c1ccc(O)c(OC)c1. The van der Waals surface area contributed by atoms with Crippen LogP contribution in [0.2, 0.25) is 0 Å². The van der Waals surface area contributed by atoms with Crippen molar-refractivity contribution in [3.8, 4) is 11.5 Å². The van der Waals surface area contributed by atoms with Gasteiger partial charge in [-0.2, -0.15) is 0 Å². The molecule has 0 aliphatic carbocycles. The number of aromatic hydroxyl groups is 1. The van der Waals surface area contributed by atoms with E-state index >= 15 is 0 Å². The first kappa shape index (κ1) is 33.2. The molecular formula is C31H48O7. The van der Waals surface area contributed by atoms with Crippen LogP contribution in [0.15, 0.2) is 36.4 Å². The Morgan fingerprint density at radius 3 is 2.18 bits per heavy atom. The second kappa shape index (κ2) is 22.2. The van der Waals surface area contributed by atoms with Gasteiger partial charge in [0.05, 0.1) is 13.7 Å². The highest BCUT2D eigenvalue weighted by molar-refractivity contribution is 5.87. The van der Waals surface area contributed by atoms with Crippen LogP contribution in [0.25, 0.3) is 6.08 Å². The molecule has 1 aromatic rings. The molecule has 0 fully saturated rings. The van der Waals surface area contributed by atoms with E-state index < -0.39 is 24.6 Å². The maximum atomic E-state index is 12.1. The molecule has 7 nitrogen and oxygen atoms in total. The Bertz CT molecular complexity index is 832. The summed E-state index contributed by atoms with van der Waals surface area (Å²) in [4.78, 5) is 24.0. The van der Waals surface area contributed by atoms with E-state index in [2.05, 4.69) is 19.1 Å². The summed E-state index contributed by atoms with van der Waals surface area (Å²) in [5, 5.41) is 19.1. The second-order valence-corrected chi connectivity index (χ2v) is 9.52. The molecule has 0 saturated carbocycles. The quantitative estimate of drug-likeness (QED) is 0.0725. The van der Waals surface area contributed by atoms with Gasteiger partial charge < -0.3 is 24.4 Å². The minimum atomic E-state index is -0.892. The Balaban J connectivity index is 2.09. The molecule has 214 valence electrons. The van der Waals surface area contributed by atoms with Gasteiger partial charge in [-0.05, 0) is 55.9 Å². The minimum absolute atomic E-state index is 0.00148. The molecule has 1 aromatic carbocycles. The number of aliphatic hydroxyl groups is 1. The number of aliphatic hydroxyl groups excluding tert-OH is 1. The van der Waals surface area contributed by atoms with Gasteiger partial charge in [0.2, 0.25) is 0 Å². The molecule has 0 aliphatic heterocycles. The Morgan fingerprint density at radius 1 is 0.921 bits per heavy atom. The molecule has 1 atom stereocenters. The summed E-state index contributed by atoms with van der Waals surface area (Å²) >= 11 is 0. The predicted molar refractivity (Wildman–Crippen MR) is 151 cm³/mol. The Hall–Kier alpha value is -2.80. The molecule has 0 heterocycles. The van der Waals surface area contributed by atoms with E-state index in [1.807, 2.05) is 0 Å². The average molecular weight is 533 g/mol. The van der Waals surface area contributed by atoms with Crippen LogP contribution in [0.4, 0.5) is 0 Å². The van der Waals surface area contributed by atoms with Crippen molar-refractivity contribution in [2.45, 2.75) is 103 Å². The van der Waals surface area contributed by atoms with E-state index in [1.54, 1.807) is 12.1 Å². The van der Waals surface area contributed by atoms with Crippen LogP contribution in [0, 0.1) is 0 Å². The first-order valence-electron chi connectivity index (χ1n) is 14.2. The lowest BCUT2D eigenvalue weighted by molar-refractivity contribution is -0.159. The fraction of sp³-hybridized carbons (Fsp3) is 0.613. The number of ether oxygens (including phenoxy) is 3. The molecule has 0 bridgehead atoms. The smallest absolute Gasteiger partial charge is 0.330 e. The second-order valence-electron chi connectivity index (χ2n) is 9.52. The molecule has 0 aromatic heterocycles. The van der Waals surface area contributed by atoms with E-state index in [-0.39, 0.29) is 18.8 Å². The summed E-state index contributed by atoms with van der Waals surface area (Å²) < 4.78 is 15.3. The average Bonchev–Trinajstić information content (AvgIpc) is 2.92. The van der Waals surface area contributed by atoms with Crippen molar-refractivity contribution in [3.63, 3.8) is 0 Å². The molecule has 0 saturated heterocycles. The van der Waals surface area contributed by atoms with Gasteiger partial charge in [-0.15, -0.1) is 0 Å². The molecular weight excluding hydrogens is 484 g/mol. The lowest BCUT2D eigenvalue weighted by Gasteiger charge is -2.15. The van der Waals surface area contributed by atoms with Gasteiger partial charge in [-0.25, -0.2) is 4.79 Å². The van der Waals surface area contributed by atoms with Crippen molar-refractivity contribution in [3.05, 3.63) is 42.0 Å². The van der Waals surface area contributed by atoms with E-state index in [4.69, 9.17) is 14.2 Å². The molecule has 2 N–H and O–H groups in total. The number of methoxy groups -OCH3 is 1. The molecule has 0 unspecified atom stereocenters. The number of hydrogen-bond donors (Lipinski definition) is 2. The number of phenolic OH excluding ortho intramolecular Hbond substituents is 1. The summed E-state index contributed by atoms with van der Waals surface area (Å²) in [6, 6.07) is 4.66. The van der Waals surface area contributed by atoms with Crippen LogP contribution in [0.5, 0.6) is 11.5 Å². The highest BCUT2D eigenvalue weighted by Gasteiger charge is 2.15. The molecule has 0 aliphatic rings. The van der Waals surface area contributed by atoms with Gasteiger partial charge in [-0.3, -0.25) is 4.79 Å². The van der Waals surface area contributed by atoms with E-state index in [1.165, 1.54) is 76.7 Å². The number of rotatable bonds is 22. The van der Waals surface area contributed by atoms with Crippen molar-refractivity contribution in [2.75, 3.05) is 20.3 Å². The maximum Gasteiger partial charge on any atom is 0.330 e. The number of esters is 2. The molecule has 0 radical (unpaired) electrons. The third-order valence-electron chi connectivity index (χ3n) is 6.17. The highest BCUT2D eigenvalue weighted by atomic mass is 16.6. The molecule has 0 spiro atoms. The topological polar surface area (TPSA) is 102 Å². The third kappa shape index (κ3) is 16.8. The van der Waals surface area contributed by atoms with E-state index in [9.17, 15) is 19.8 Å². The van der Waals surface area contributed by atoms with Crippen molar-refractivity contribution >= 4 is 18.0 Å². The minimum Gasteiger partial charge on any atom is -0.504 e. The third-order valence-corrected chi connectivity index (χ3v) is 6.17. The monoisotopic (exact) mass is 532 g/mol. The molecule has 7 heteroatoms. The van der Waals surface area contributed by atoms with Crippen LogP contribution in [0.3, 0.4) is 0 Å². The maximum absolute atomic E-state index is 12.1. The zero-order valence-electron chi connectivity index (χ0n) is 23.4. The summed E-state index contributed by atoms with van der Waals surface area (Å²) in [5.41, 5.74) is 0.640. The van der Waals surface area contributed by atoms with Crippen molar-refractivity contribution < 1.29 is 34.0 Å². The fourth-order valence-corrected chi connectivity index (χ4v) is 3.89. The fourth-order valence-electron chi connectivity index (χ4n) is 3.89. The largest absolute Gasteiger partial charge is 0.504 e. The summed E-state index contributed by atoms with van der Waals surface area (Å²) in [5.74, 6) is -0.742.